The molecule has 1 saturated carbocycles. The van der Waals surface area contributed by atoms with E-state index in [1.165, 1.54) is 0 Å². The summed E-state index contributed by atoms with van der Waals surface area (Å²) in [4.78, 5) is 4.09. The molecule has 2 N–H and O–H groups in total. The molecular formula is C11H16F3N3O2. The third kappa shape index (κ3) is 4.46. The van der Waals surface area contributed by atoms with E-state index in [2.05, 4.69) is 14.9 Å². The Bertz CT molecular complexity index is 416. The Labute approximate surface area is 108 Å². The molecule has 0 aliphatic heterocycles. The number of nitrogens with zero attached hydrogens (tertiary/aromatic N) is 2. The number of halogens is 3. The van der Waals surface area contributed by atoms with Gasteiger partial charge in [0.25, 0.3) is 0 Å². The van der Waals surface area contributed by atoms with Crippen LogP contribution in [0.4, 0.5) is 13.2 Å². The first-order valence-electron chi connectivity index (χ1n) is 6.11. The fourth-order valence-corrected chi connectivity index (χ4v) is 1.92. The summed E-state index contributed by atoms with van der Waals surface area (Å²) in [5, 5.41) is 3.69. The lowest BCUT2D eigenvalue weighted by Crippen LogP contribution is -2.48. The van der Waals surface area contributed by atoms with Crippen molar-refractivity contribution in [3.8, 4) is 0 Å². The molecular weight excluding hydrogens is 263 g/mol. The maximum absolute atomic E-state index is 11.8. The molecule has 5 nitrogen and oxygen atoms in total. The van der Waals surface area contributed by atoms with Crippen LogP contribution in [0.15, 0.2) is 4.52 Å². The van der Waals surface area contributed by atoms with Gasteiger partial charge in [-0.1, -0.05) is 5.16 Å². The lowest BCUT2D eigenvalue weighted by molar-refractivity contribution is -0.173. The van der Waals surface area contributed by atoms with Gasteiger partial charge in [-0.25, -0.2) is 0 Å². The molecule has 0 aromatic carbocycles. The van der Waals surface area contributed by atoms with Crippen molar-refractivity contribution in [2.45, 2.75) is 43.8 Å². The van der Waals surface area contributed by atoms with Crippen molar-refractivity contribution in [2.75, 3.05) is 13.2 Å². The van der Waals surface area contributed by atoms with Crippen LogP contribution < -0.4 is 5.73 Å². The minimum atomic E-state index is -4.31. The second kappa shape index (κ2) is 5.46. The summed E-state index contributed by atoms with van der Waals surface area (Å²) < 4.78 is 45.0. The summed E-state index contributed by atoms with van der Waals surface area (Å²) in [6.07, 6.45) is -0.638. The molecule has 1 aromatic rings. The maximum atomic E-state index is 11.8. The number of hydrogen-bond acceptors (Lipinski definition) is 5. The second-order valence-electron chi connectivity index (χ2n) is 4.91. The van der Waals surface area contributed by atoms with Crippen LogP contribution in [0.1, 0.15) is 31.0 Å². The van der Waals surface area contributed by atoms with Crippen LogP contribution in [0.3, 0.4) is 0 Å². The van der Waals surface area contributed by atoms with Crippen LogP contribution in [0.5, 0.6) is 0 Å². The summed E-state index contributed by atoms with van der Waals surface area (Å²) >= 11 is 0. The Balaban J connectivity index is 1.72. The molecule has 1 fully saturated rings. The van der Waals surface area contributed by atoms with Crippen molar-refractivity contribution in [3.63, 3.8) is 0 Å². The fraction of sp³-hybridized carbons (Fsp3) is 0.818. The van der Waals surface area contributed by atoms with E-state index in [1.807, 2.05) is 0 Å². The van der Waals surface area contributed by atoms with Crippen LogP contribution in [0, 0.1) is 0 Å². The smallest absolute Gasteiger partial charge is 0.372 e. The summed E-state index contributed by atoms with van der Waals surface area (Å²) in [5.74, 6) is 0.785. The second-order valence-corrected chi connectivity index (χ2v) is 4.91. The topological polar surface area (TPSA) is 74.2 Å². The zero-order chi connectivity index (χ0) is 13.9. The minimum absolute atomic E-state index is 0.0910. The Morgan fingerprint density at radius 3 is 2.68 bits per heavy atom. The third-order valence-corrected chi connectivity index (χ3v) is 3.10. The highest BCUT2D eigenvalue weighted by Crippen LogP contribution is 2.31. The number of nitrogens with two attached hydrogens (primary N) is 1. The molecule has 0 unspecified atom stereocenters. The van der Waals surface area contributed by atoms with Crippen LogP contribution >= 0.6 is 0 Å². The van der Waals surface area contributed by atoms with Crippen molar-refractivity contribution in [1.29, 1.82) is 0 Å². The highest BCUT2D eigenvalue weighted by atomic mass is 19.4. The number of aromatic nitrogens is 2. The molecule has 1 aliphatic rings. The molecule has 108 valence electrons. The number of rotatable bonds is 6. The first-order valence-corrected chi connectivity index (χ1v) is 6.11. The largest absolute Gasteiger partial charge is 0.411 e. The van der Waals surface area contributed by atoms with Crippen LogP contribution in [-0.4, -0.2) is 35.1 Å². The van der Waals surface area contributed by atoms with Crippen molar-refractivity contribution >= 4 is 0 Å². The van der Waals surface area contributed by atoms with Gasteiger partial charge in [-0.2, -0.15) is 18.2 Å². The van der Waals surface area contributed by atoms with Gasteiger partial charge in [0.1, 0.15) is 6.61 Å². The van der Waals surface area contributed by atoms with Crippen LogP contribution in [0.2, 0.25) is 0 Å². The van der Waals surface area contributed by atoms with E-state index in [-0.39, 0.29) is 18.6 Å². The summed E-state index contributed by atoms with van der Waals surface area (Å²) in [7, 11) is 0. The predicted octanol–water partition coefficient (Wildman–Crippen LogP) is 1.61. The molecule has 0 amide bonds. The Kier molecular flexibility index (Phi) is 4.10. The highest BCUT2D eigenvalue weighted by Gasteiger charge is 2.34. The van der Waals surface area contributed by atoms with Gasteiger partial charge in [0.05, 0.1) is 6.61 Å². The molecule has 1 aromatic heterocycles. The van der Waals surface area contributed by atoms with Crippen molar-refractivity contribution in [1.82, 2.24) is 10.1 Å². The highest BCUT2D eigenvalue weighted by molar-refractivity contribution is 5.00. The van der Waals surface area contributed by atoms with Gasteiger partial charge in [-0.15, -0.1) is 0 Å². The zero-order valence-corrected chi connectivity index (χ0v) is 10.4. The van der Waals surface area contributed by atoms with Crippen LogP contribution in [-0.2, 0) is 17.6 Å². The quantitative estimate of drug-likeness (QED) is 0.801. The molecule has 1 heterocycles. The Morgan fingerprint density at radius 1 is 1.37 bits per heavy atom. The van der Waals surface area contributed by atoms with E-state index in [9.17, 15) is 13.2 Å². The number of ether oxygens (including phenoxy) is 1. The van der Waals surface area contributed by atoms with E-state index < -0.39 is 12.8 Å². The lowest BCUT2D eigenvalue weighted by atomic mass is 9.75. The number of hydrogen-bond donors (Lipinski definition) is 1. The van der Waals surface area contributed by atoms with Gasteiger partial charge in [0.2, 0.25) is 5.89 Å². The first-order chi connectivity index (χ1) is 8.86. The van der Waals surface area contributed by atoms with Gasteiger partial charge < -0.3 is 15.0 Å². The first kappa shape index (κ1) is 14.3. The summed E-state index contributed by atoms with van der Waals surface area (Å²) in [6.45, 7) is -1.35. The van der Waals surface area contributed by atoms with E-state index in [4.69, 9.17) is 10.3 Å². The average Bonchev–Trinajstić information content (AvgIpc) is 2.69. The number of alkyl halides is 3. The molecule has 0 spiro atoms. The maximum Gasteiger partial charge on any atom is 0.411 e. The zero-order valence-electron chi connectivity index (χ0n) is 10.4. The molecule has 0 atom stereocenters. The molecule has 8 heteroatoms. The Hall–Kier alpha value is -1.15. The minimum Gasteiger partial charge on any atom is -0.372 e. The van der Waals surface area contributed by atoms with E-state index in [0.29, 0.717) is 18.1 Å². The molecule has 0 saturated heterocycles. The van der Waals surface area contributed by atoms with E-state index in [0.717, 1.165) is 19.3 Å². The normalized spacial score (nSPS) is 18.3. The molecule has 0 bridgehead atoms. The fourth-order valence-electron chi connectivity index (χ4n) is 1.92. The monoisotopic (exact) mass is 279 g/mol. The van der Waals surface area contributed by atoms with Crippen molar-refractivity contribution in [3.05, 3.63) is 11.7 Å². The molecule has 0 radical (unpaired) electrons. The Morgan fingerprint density at radius 2 is 2.11 bits per heavy atom. The van der Waals surface area contributed by atoms with E-state index >= 15 is 0 Å². The lowest BCUT2D eigenvalue weighted by Gasteiger charge is -2.36. The van der Waals surface area contributed by atoms with Crippen molar-refractivity contribution < 1.29 is 22.4 Å². The molecule has 19 heavy (non-hydrogen) atoms. The van der Waals surface area contributed by atoms with Gasteiger partial charge in [-0.05, 0) is 19.3 Å². The van der Waals surface area contributed by atoms with Gasteiger partial charge in [0, 0.05) is 18.4 Å². The van der Waals surface area contributed by atoms with Gasteiger partial charge >= 0.3 is 6.18 Å². The molecule has 2 rings (SSSR count). The van der Waals surface area contributed by atoms with Gasteiger partial charge in [0.15, 0.2) is 5.82 Å². The van der Waals surface area contributed by atoms with Crippen LogP contribution in [0.25, 0.3) is 0 Å². The van der Waals surface area contributed by atoms with E-state index in [1.54, 1.807) is 0 Å². The standard InChI is InChI=1S/C11H16F3N3O2/c12-11(13,14)7-18-5-2-8-16-9(19-17-8)6-10(15)3-1-4-10/h1-7,15H2. The SMILES string of the molecule is NC1(Cc2nc(CCOCC(F)(F)F)no2)CCC1. The third-order valence-electron chi connectivity index (χ3n) is 3.10. The predicted molar refractivity (Wildman–Crippen MR) is 59.3 cm³/mol. The van der Waals surface area contributed by atoms with Gasteiger partial charge in [-0.3, -0.25) is 0 Å². The summed E-state index contributed by atoms with van der Waals surface area (Å²) in [6, 6.07) is 0. The summed E-state index contributed by atoms with van der Waals surface area (Å²) in [5.41, 5.74) is 5.78. The average molecular weight is 279 g/mol. The van der Waals surface area contributed by atoms with Crippen molar-refractivity contribution in [2.24, 2.45) is 5.73 Å². The molecule has 1 aliphatic carbocycles.